The molecule has 0 fully saturated rings. The van der Waals surface area contributed by atoms with Crippen molar-refractivity contribution in [3.8, 4) is 0 Å². The molecule has 5 heteroatoms. The molecule has 0 aromatic carbocycles. The molecule has 29 heavy (non-hydrogen) atoms. The maximum Gasteiger partial charge on any atom is -1.00 e. The van der Waals surface area contributed by atoms with Crippen molar-refractivity contribution in [3.05, 3.63) is 34.9 Å². The van der Waals surface area contributed by atoms with Crippen molar-refractivity contribution in [2.45, 2.75) is 105 Å². The van der Waals surface area contributed by atoms with Gasteiger partial charge in [-0.25, -0.2) is 0 Å². The van der Waals surface area contributed by atoms with E-state index < -0.39 is 23.2 Å². The minimum atomic E-state index is -0.938. The molecule has 0 unspecified atom stereocenters. The quantitative estimate of drug-likeness (QED) is 0.541. The molecule has 0 bridgehead atoms. The third kappa shape index (κ3) is 7.01. The minimum Gasteiger partial charge on any atom is -1.00 e. The molecule has 2 aromatic heterocycles. The van der Waals surface area contributed by atoms with Gasteiger partial charge in [-0.1, -0.05) is 0 Å². The van der Waals surface area contributed by atoms with E-state index in [4.69, 9.17) is 0 Å². The van der Waals surface area contributed by atoms with E-state index in [0.29, 0.717) is 0 Å². The summed E-state index contributed by atoms with van der Waals surface area (Å²) in [5.74, 6) is 0. The van der Waals surface area contributed by atoms with Crippen molar-refractivity contribution in [1.82, 2.24) is 9.97 Å². The van der Waals surface area contributed by atoms with Crippen LogP contribution in [0, 0.1) is 0 Å². The van der Waals surface area contributed by atoms with E-state index in [1.54, 1.807) is 6.54 Å². The van der Waals surface area contributed by atoms with Gasteiger partial charge in [-0.2, -0.15) is 0 Å². The molecular weight excluding hydrogens is 478 g/mol. The van der Waals surface area contributed by atoms with Gasteiger partial charge >= 0.3 is 179 Å². The number of aromatic amines is 2. The van der Waals surface area contributed by atoms with Gasteiger partial charge in [0.25, 0.3) is 0 Å². The van der Waals surface area contributed by atoms with Gasteiger partial charge in [0.15, 0.2) is 0 Å². The first-order chi connectivity index (χ1) is 11.9. The molecule has 2 aromatic rings. The largest absolute Gasteiger partial charge is 1.00 e. The molecule has 2 heterocycles. The first-order valence-electron chi connectivity index (χ1n) is 10.2. The van der Waals surface area contributed by atoms with Crippen LogP contribution in [0.1, 0.15) is 106 Å². The predicted octanol–water partition coefficient (Wildman–Crippen LogP) is -0.426. The number of H-pyrrole nitrogens is 2. The maximum atomic E-state index is 3.81. The molecule has 2 N–H and O–H groups in total. The average molecular weight is 519 g/mol. The Balaban J connectivity index is 0.00000392. The molecule has 2 nitrogen and oxygen atoms in total. The van der Waals surface area contributed by atoms with Crippen molar-refractivity contribution in [3.63, 3.8) is 0 Å². The van der Waals surface area contributed by atoms with E-state index >= 15 is 0 Å². The minimum absolute atomic E-state index is 0. The zero-order valence-electron chi connectivity index (χ0n) is 20.4. The van der Waals surface area contributed by atoms with E-state index in [-0.39, 0.29) is 46.5 Å². The number of aromatic nitrogens is 2. The fourth-order valence-electron chi connectivity index (χ4n) is 3.24. The fraction of sp³-hybridized carbons (Fsp3) is 0.667. The Labute approximate surface area is 203 Å². The second-order valence-electron chi connectivity index (χ2n) is 12.1. The van der Waals surface area contributed by atoms with Crippen LogP contribution in [0.4, 0.5) is 0 Å². The molecule has 0 atom stereocenters. The fourth-order valence-corrected chi connectivity index (χ4v) is 7.79. The number of rotatable bonds is 2. The van der Waals surface area contributed by atoms with Gasteiger partial charge in [0, 0.05) is 0 Å². The summed E-state index contributed by atoms with van der Waals surface area (Å²) in [6, 6.07) is 4.95. The van der Waals surface area contributed by atoms with E-state index in [1.165, 1.54) is 22.8 Å². The van der Waals surface area contributed by atoms with Crippen LogP contribution in [-0.4, -0.2) is 9.97 Å². The van der Waals surface area contributed by atoms with Crippen molar-refractivity contribution in [2.75, 3.05) is 0 Å². The van der Waals surface area contributed by atoms with Crippen LogP contribution in [0.5, 0.6) is 0 Å². The molecule has 164 valence electrons. The smallest absolute Gasteiger partial charge is 1.00 e. The van der Waals surface area contributed by atoms with Crippen LogP contribution in [0.25, 0.3) is 0 Å². The van der Waals surface area contributed by atoms with Crippen molar-refractivity contribution >= 4 is 6.54 Å². The Bertz CT molecular complexity index is 736. The van der Waals surface area contributed by atoms with Gasteiger partial charge in [-0.3, -0.25) is 0 Å². The van der Waals surface area contributed by atoms with Gasteiger partial charge in [0.05, 0.1) is 0 Å². The first kappa shape index (κ1) is 29.0. The van der Waals surface area contributed by atoms with E-state index in [1.807, 2.05) is 0 Å². The van der Waals surface area contributed by atoms with E-state index in [2.05, 4.69) is 105 Å². The molecule has 0 aliphatic carbocycles. The van der Waals surface area contributed by atoms with Gasteiger partial charge in [-0.05, 0) is 0 Å². The molecule has 0 spiro atoms. The number of halogens is 2. The number of nitrogens with one attached hydrogen (secondary N) is 2. The summed E-state index contributed by atoms with van der Waals surface area (Å²) >= 11 is -0.938. The summed E-state index contributed by atoms with van der Waals surface area (Å²) in [5, 5.41) is 0. The van der Waals surface area contributed by atoms with E-state index in [0.717, 1.165) is 0 Å². The Morgan fingerprint density at radius 2 is 0.793 bits per heavy atom. The zero-order chi connectivity index (χ0) is 21.0. The monoisotopic (exact) mass is 516 g/mol. The van der Waals surface area contributed by atoms with Gasteiger partial charge in [0.2, 0.25) is 0 Å². The number of hydrogen-bond acceptors (Lipinski definition) is 0. The zero-order valence-corrected chi connectivity index (χ0v) is 24.4. The van der Waals surface area contributed by atoms with Crippen LogP contribution in [-0.2, 0) is 44.9 Å². The molecule has 0 saturated carbocycles. The Morgan fingerprint density at radius 1 is 0.517 bits per heavy atom. The predicted molar refractivity (Wildman–Crippen MR) is 116 cm³/mol. The summed E-state index contributed by atoms with van der Waals surface area (Å²) in [5.41, 5.74) is 6.21. The van der Waals surface area contributed by atoms with E-state index in [9.17, 15) is 0 Å². The standard InChI is InChI=1S/2C12H20N.2ClH.Zr/c2*1-11(2,3)9-7-8-10(13-9)12(4,5)6;;;/h2*7,13H,1-6H3;2*1H;/q;;;;+2/p-2. The van der Waals surface area contributed by atoms with Crippen LogP contribution >= 0.6 is 0 Å². The molecule has 2 rings (SSSR count). The normalized spacial score (nSPS) is 12.8. The second-order valence-corrected chi connectivity index (χ2v) is 15.3. The third-order valence-corrected chi connectivity index (χ3v) is 8.28. The van der Waals surface area contributed by atoms with Crippen molar-refractivity contribution in [1.29, 1.82) is 0 Å². The van der Waals surface area contributed by atoms with Gasteiger partial charge < -0.3 is 24.8 Å². The van der Waals surface area contributed by atoms with Crippen LogP contribution in [0.3, 0.4) is 0 Å². The van der Waals surface area contributed by atoms with Gasteiger partial charge in [0.1, 0.15) is 0 Å². The van der Waals surface area contributed by atoms with Crippen LogP contribution < -0.4 is 31.4 Å². The molecule has 0 radical (unpaired) electrons. The third-order valence-electron chi connectivity index (χ3n) is 5.02. The summed E-state index contributed by atoms with van der Waals surface area (Å²) in [6.45, 7) is 27.8. The Morgan fingerprint density at radius 3 is 1.00 bits per heavy atom. The molecule has 0 aliphatic rings. The Hall–Kier alpha value is 0.0231. The first-order valence-corrected chi connectivity index (χ1v) is 12.6. The molecule has 0 amide bonds. The van der Waals surface area contributed by atoms with Gasteiger partial charge in [-0.15, -0.1) is 0 Å². The SMILES string of the molecule is CC(C)(C)c1c[c]([Zr+2][c]2cc(C(C)(C)C)[nH]c2C(C)(C)C)c(C(C)(C)C)[nH]1.[Cl-].[Cl-]. The van der Waals surface area contributed by atoms with Crippen LogP contribution in [0.15, 0.2) is 12.1 Å². The van der Waals surface area contributed by atoms with Crippen LogP contribution in [0.2, 0.25) is 0 Å². The molecule has 0 saturated heterocycles. The summed E-state index contributed by atoms with van der Waals surface area (Å²) < 4.78 is 3.20. The topological polar surface area (TPSA) is 31.6 Å². The summed E-state index contributed by atoms with van der Waals surface area (Å²) in [7, 11) is 0. The number of hydrogen-bond donors (Lipinski definition) is 2. The summed E-state index contributed by atoms with van der Waals surface area (Å²) in [6.07, 6.45) is 0. The van der Waals surface area contributed by atoms with Crippen molar-refractivity contribution < 1.29 is 48.0 Å². The van der Waals surface area contributed by atoms with Crippen molar-refractivity contribution in [2.24, 2.45) is 0 Å². The molecular formula is C24H40Cl2N2Zr. The second kappa shape index (κ2) is 9.25. The Kier molecular flexibility index (Phi) is 9.26. The summed E-state index contributed by atoms with van der Waals surface area (Å²) in [4.78, 5) is 7.62. The maximum absolute atomic E-state index is 3.81. The average Bonchev–Trinajstić information content (AvgIpc) is 3.00. The molecule has 0 aliphatic heterocycles.